The maximum Gasteiger partial charge on any atom is 0.256 e. The summed E-state index contributed by atoms with van der Waals surface area (Å²) >= 11 is 0. The first-order valence-electron chi connectivity index (χ1n) is 7.50. The van der Waals surface area contributed by atoms with Gasteiger partial charge in [0.05, 0.1) is 0 Å². The molecule has 2 aromatic heterocycles. The van der Waals surface area contributed by atoms with Gasteiger partial charge in [0.2, 0.25) is 5.82 Å². The molecule has 22 heavy (non-hydrogen) atoms. The molecule has 0 aliphatic rings. The number of nitrogens with zero attached hydrogens (tertiary/aromatic N) is 3. The molecule has 1 atom stereocenters. The predicted octanol–water partition coefficient (Wildman–Crippen LogP) is 4.02. The van der Waals surface area contributed by atoms with E-state index in [4.69, 9.17) is 9.26 Å². The Kier molecular flexibility index (Phi) is 4.15. The Morgan fingerprint density at radius 1 is 1.18 bits per heavy atom. The van der Waals surface area contributed by atoms with E-state index in [0.29, 0.717) is 18.3 Å². The van der Waals surface area contributed by atoms with Crippen LogP contribution in [0, 0.1) is 5.92 Å². The largest absolute Gasteiger partial charge is 0.368 e. The highest BCUT2D eigenvalue weighted by atomic mass is 16.5. The van der Waals surface area contributed by atoms with Crippen molar-refractivity contribution in [3.63, 3.8) is 0 Å². The third kappa shape index (κ3) is 2.72. The second kappa shape index (κ2) is 6.23. The second-order valence-corrected chi connectivity index (χ2v) is 5.46. The zero-order valence-corrected chi connectivity index (χ0v) is 13.0. The van der Waals surface area contributed by atoms with Crippen LogP contribution in [0.1, 0.15) is 32.8 Å². The maximum absolute atomic E-state index is 5.71. The van der Waals surface area contributed by atoms with Gasteiger partial charge in [-0.15, -0.1) is 0 Å². The predicted molar refractivity (Wildman–Crippen MR) is 84.2 cm³/mol. The van der Waals surface area contributed by atoms with Crippen LogP contribution in [0.4, 0.5) is 0 Å². The number of rotatable bonds is 5. The molecule has 0 radical (unpaired) electrons. The van der Waals surface area contributed by atoms with Gasteiger partial charge in [-0.3, -0.25) is 4.98 Å². The summed E-state index contributed by atoms with van der Waals surface area (Å²) in [7, 11) is 0. The molecule has 0 amide bonds. The van der Waals surface area contributed by atoms with Crippen LogP contribution < -0.4 is 0 Å². The highest BCUT2D eigenvalue weighted by molar-refractivity contribution is 5.92. The summed E-state index contributed by atoms with van der Waals surface area (Å²) < 4.78 is 11.1. The zero-order chi connectivity index (χ0) is 15.5. The van der Waals surface area contributed by atoms with Crippen molar-refractivity contribution in [1.29, 1.82) is 0 Å². The lowest BCUT2D eigenvalue weighted by molar-refractivity contribution is 0.00701. The number of aromatic nitrogens is 3. The Morgan fingerprint density at radius 3 is 2.77 bits per heavy atom. The van der Waals surface area contributed by atoms with Gasteiger partial charge in [0, 0.05) is 18.2 Å². The Labute approximate surface area is 129 Å². The average molecular weight is 297 g/mol. The summed E-state index contributed by atoms with van der Waals surface area (Å²) in [5.74, 6) is 1.26. The lowest BCUT2D eigenvalue weighted by atomic mass is 10.1. The van der Waals surface area contributed by atoms with E-state index in [2.05, 4.69) is 29.0 Å². The molecule has 0 N–H and O–H groups in total. The first-order valence-corrected chi connectivity index (χ1v) is 7.50. The van der Waals surface area contributed by atoms with Crippen LogP contribution in [0.15, 0.2) is 41.1 Å². The minimum Gasteiger partial charge on any atom is -0.368 e. The molecule has 0 bridgehead atoms. The summed E-state index contributed by atoms with van der Waals surface area (Å²) in [4.78, 5) is 8.92. The van der Waals surface area contributed by atoms with Gasteiger partial charge in [0.1, 0.15) is 11.8 Å². The van der Waals surface area contributed by atoms with Crippen molar-refractivity contribution >= 4 is 10.8 Å². The van der Waals surface area contributed by atoms with Gasteiger partial charge in [-0.2, -0.15) is 4.98 Å². The molecule has 2 heterocycles. The van der Waals surface area contributed by atoms with Crippen LogP contribution in [-0.2, 0) is 4.74 Å². The molecule has 0 aliphatic carbocycles. The fraction of sp³-hybridized carbons (Fsp3) is 0.353. The van der Waals surface area contributed by atoms with Gasteiger partial charge in [-0.25, -0.2) is 0 Å². The van der Waals surface area contributed by atoms with Gasteiger partial charge in [0.15, 0.2) is 0 Å². The van der Waals surface area contributed by atoms with Gasteiger partial charge in [-0.05, 0) is 24.3 Å². The van der Waals surface area contributed by atoms with Gasteiger partial charge >= 0.3 is 0 Å². The van der Waals surface area contributed by atoms with E-state index >= 15 is 0 Å². The molecule has 3 rings (SSSR count). The number of hydrogen-bond acceptors (Lipinski definition) is 5. The topological polar surface area (TPSA) is 61.0 Å². The van der Waals surface area contributed by atoms with Gasteiger partial charge < -0.3 is 9.26 Å². The van der Waals surface area contributed by atoms with Crippen LogP contribution in [-0.4, -0.2) is 21.7 Å². The smallest absolute Gasteiger partial charge is 0.256 e. The molecule has 0 aliphatic heterocycles. The maximum atomic E-state index is 5.71. The van der Waals surface area contributed by atoms with E-state index in [1.54, 1.807) is 6.20 Å². The van der Waals surface area contributed by atoms with E-state index in [-0.39, 0.29) is 12.0 Å². The van der Waals surface area contributed by atoms with Crippen LogP contribution >= 0.6 is 0 Å². The number of pyridine rings is 1. The highest BCUT2D eigenvalue weighted by Gasteiger charge is 2.24. The highest BCUT2D eigenvalue weighted by Crippen LogP contribution is 2.28. The SMILES string of the molecule is CCOC(c1nc(-c2nccc3ccccc23)no1)C(C)C. The van der Waals surface area contributed by atoms with E-state index in [1.807, 2.05) is 37.3 Å². The molecule has 0 saturated carbocycles. The first-order chi connectivity index (χ1) is 10.7. The Hall–Kier alpha value is -2.27. The lowest BCUT2D eigenvalue weighted by Gasteiger charge is -2.15. The summed E-state index contributed by atoms with van der Waals surface area (Å²) in [5.41, 5.74) is 0.729. The summed E-state index contributed by atoms with van der Waals surface area (Å²) in [6, 6.07) is 10.00. The molecule has 1 aromatic carbocycles. The van der Waals surface area contributed by atoms with Crippen molar-refractivity contribution in [1.82, 2.24) is 15.1 Å². The van der Waals surface area contributed by atoms with Crippen LogP contribution in [0.5, 0.6) is 0 Å². The van der Waals surface area contributed by atoms with E-state index in [0.717, 1.165) is 16.5 Å². The number of benzene rings is 1. The summed E-state index contributed by atoms with van der Waals surface area (Å²) in [6.45, 7) is 6.70. The molecule has 1 unspecified atom stereocenters. The Bertz CT molecular complexity index is 762. The van der Waals surface area contributed by atoms with Crippen LogP contribution in [0.2, 0.25) is 0 Å². The zero-order valence-electron chi connectivity index (χ0n) is 13.0. The van der Waals surface area contributed by atoms with E-state index in [1.165, 1.54) is 0 Å². The van der Waals surface area contributed by atoms with Crippen LogP contribution in [0.3, 0.4) is 0 Å². The molecule has 5 heteroatoms. The normalized spacial score (nSPS) is 12.9. The molecular weight excluding hydrogens is 278 g/mol. The quantitative estimate of drug-likeness (QED) is 0.712. The monoisotopic (exact) mass is 297 g/mol. The summed E-state index contributed by atoms with van der Waals surface area (Å²) in [5, 5.41) is 6.20. The third-order valence-corrected chi connectivity index (χ3v) is 3.52. The third-order valence-electron chi connectivity index (χ3n) is 3.52. The van der Waals surface area contributed by atoms with E-state index < -0.39 is 0 Å². The fourth-order valence-electron chi connectivity index (χ4n) is 2.47. The Balaban J connectivity index is 2.02. The van der Waals surface area contributed by atoms with Crippen molar-refractivity contribution < 1.29 is 9.26 Å². The molecule has 0 spiro atoms. The van der Waals surface area contributed by atoms with Gasteiger partial charge in [0.25, 0.3) is 5.89 Å². The van der Waals surface area contributed by atoms with Crippen molar-refractivity contribution in [2.75, 3.05) is 6.61 Å². The molecule has 3 aromatic rings. The van der Waals surface area contributed by atoms with E-state index in [9.17, 15) is 0 Å². The first kappa shape index (κ1) is 14.7. The standard InChI is InChI=1S/C17H19N3O2/c1-4-21-15(11(2)3)17-19-16(20-22-17)14-13-8-6-5-7-12(13)9-10-18-14/h5-11,15H,4H2,1-3H3. The average Bonchev–Trinajstić information content (AvgIpc) is 3.01. The molecule has 5 nitrogen and oxygen atoms in total. The molecule has 0 fully saturated rings. The van der Waals surface area contributed by atoms with Crippen molar-refractivity contribution in [3.05, 3.63) is 42.4 Å². The number of ether oxygens (including phenoxy) is 1. The van der Waals surface area contributed by atoms with Crippen molar-refractivity contribution in [2.24, 2.45) is 5.92 Å². The molecule has 0 saturated heterocycles. The molecule has 114 valence electrons. The minimum atomic E-state index is -0.193. The van der Waals surface area contributed by atoms with Crippen LogP contribution in [0.25, 0.3) is 22.3 Å². The fourth-order valence-corrected chi connectivity index (χ4v) is 2.47. The summed E-state index contributed by atoms with van der Waals surface area (Å²) in [6.07, 6.45) is 1.57. The van der Waals surface area contributed by atoms with Gasteiger partial charge in [-0.1, -0.05) is 43.3 Å². The number of fused-ring (bicyclic) bond motifs is 1. The minimum absolute atomic E-state index is 0.193. The Morgan fingerprint density at radius 2 is 2.00 bits per heavy atom. The van der Waals surface area contributed by atoms with Crippen molar-refractivity contribution in [3.8, 4) is 11.5 Å². The van der Waals surface area contributed by atoms with Crippen molar-refractivity contribution in [2.45, 2.75) is 26.9 Å². The number of hydrogen-bond donors (Lipinski definition) is 0. The second-order valence-electron chi connectivity index (χ2n) is 5.46. The molecular formula is C17H19N3O2. The lowest BCUT2D eigenvalue weighted by Crippen LogP contribution is -2.11.